The van der Waals surface area contributed by atoms with E-state index >= 15 is 0 Å². The third kappa shape index (κ3) is 2.75. The summed E-state index contributed by atoms with van der Waals surface area (Å²) in [7, 11) is 4.05. The minimum atomic E-state index is 0.329. The largest absolute Gasteiger partial charge is 0.376 e. The van der Waals surface area contributed by atoms with Crippen LogP contribution in [-0.2, 0) is 24.6 Å². The highest BCUT2D eigenvalue weighted by Gasteiger charge is 2.31. The molecule has 0 saturated carbocycles. The third-order valence-corrected chi connectivity index (χ3v) is 4.03. The van der Waals surface area contributed by atoms with Crippen molar-refractivity contribution in [1.82, 2.24) is 15.1 Å². The first-order valence-corrected chi connectivity index (χ1v) is 6.96. The zero-order valence-electron chi connectivity index (χ0n) is 11.9. The van der Waals surface area contributed by atoms with Crippen LogP contribution in [0.5, 0.6) is 0 Å². The van der Waals surface area contributed by atoms with Crippen LogP contribution < -0.4 is 5.32 Å². The molecule has 102 valence electrons. The molecule has 1 N–H and O–H groups in total. The molecule has 1 saturated heterocycles. The third-order valence-electron chi connectivity index (χ3n) is 4.03. The number of aryl methyl sites for hydroxylation is 2. The van der Waals surface area contributed by atoms with Gasteiger partial charge in [0.25, 0.3) is 0 Å². The maximum Gasteiger partial charge on any atom is 0.0758 e. The van der Waals surface area contributed by atoms with Gasteiger partial charge in [0.1, 0.15) is 0 Å². The highest BCUT2D eigenvalue weighted by atomic mass is 16.5. The monoisotopic (exact) mass is 251 g/mol. The van der Waals surface area contributed by atoms with Gasteiger partial charge in [0.05, 0.1) is 11.8 Å². The van der Waals surface area contributed by atoms with E-state index in [1.54, 1.807) is 0 Å². The molecule has 2 rings (SSSR count). The standard InChI is InChI=1S/C14H25N3O/c1-5-11-8-12(17(4)16-11)9-13(15-3)14-10(2)6-7-18-14/h8,10,13-15H,5-7,9H2,1-4H3. The van der Waals surface area contributed by atoms with Crippen LogP contribution in [-0.4, -0.2) is 35.6 Å². The van der Waals surface area contributed by atoms with Crippen molar-refractivity contribution >= 4 is 0 Å². The number of rotatable bonds is 5. The summed E-state index contributed by atoms with van der Waals surface area (Å²) in [5.41, 5.74) is 2.46. The van der Waals surface area contributed by atoms with Crippen LogP contribution in [0.1, 0.15) is 31.7 Å². The second-order valence-corrected chi connectivity index (χ2v) is 5.30. The van der Waals surface area contributed by atoms with Crippen LogP contribution in [0.25, 0.3) is 0 Å². The molecule has 0 bridgehead atoms. The zero-order valence-corrected chi connectivity index (χ0v) is 11.9. The highest BCUT2D eigenvalue weighted by Crippen LogP contribution is 2.24. The fourth-order valence-electron chi connectivity index (χ4n) is 2.77. The van der Waals surface area contributed by atoms with Crippen molar-refractivity contribution in [2.75, 3.05) is 13.7 Å². The Kier molecular flexibility index (Phi) is 4.40. The highest BCUT2D eigenvalue weighted by molar-refractivity contribution is 5.12. The number of nitrogens with one attached hydrogen (secondary N) is 1. The summed E-state index contributed by atoms with van der Waals surface area (Å²) in [6.07, 6.45) is 3.48. The number of likely N-dealkylation sites (N-methyl/N-ethyl adjacent to an activating group) is 1. The van der Waals surface area contributed by atoms with Gasteiger partial charge in [-0.25, -0.2) is 0 Å². The topological polar surface area (TPSA) is 39.1 Å². The Bertz CT molecular complexity index is 388. The molecule has 2 heterocycles. The Hall–Kier alpha value is -0.870. The Labute approximate surface area is 110 Å². The molecule has 1 aliphatic rings. The number of ether oxygens (including phenoxy) is 1. The molecule has 18 heavy (non-hydrogen) atoms. The van der Waals surface area contributed by atoms with E-state index in [4.69, 9.17) is 4.74 Å². The lowest BCUT2D eigenvalue weighted by atomic mass is 9.94. The van der Waals surface area contributed by atoms with Gasteiger partial charge >= 0.3 is 0 Å². The molecule has 1 aliphatic heterocycles. The molecule has 3 unspecified atom stereocenters. The number of hydrogen-bond acceptors (Lipinski definition) is 3. The van der Waals surface area contributed by atoms with E-state index < -0.39 is 0 Å². The number of aromatic nitrogens is 2. The van der Waals surface area contributed by atoms with Crippen molar-refractivity contribution in [3.63, 3.8) is 0 Å². The summed E-state index contributed by atoms with van der Waals surface area (Å²) >= 11 is 0. The second-order valence-electron chi connectivity index (χ2n) is 5.30. The maximum atomic E-state index is 5.87. The molecule has 0 aromatic carbocycles. The molecular formula is C14H25N3O. The first-order chi connectivity index (χ1) is 8.65. The van der Waals surface area contributed by atoms with E-state index in [-0.39, 0.29) is 0 Å². The van der Waals surface area contributed by atoms with E-state index in [1.165, 1.54) is 17.8 Å². The van der Waals surface area contributed by atoms with E-state index in [1.807, 2.05) is 18.8 Å². The van der Waals surface area contributed by atoms with Crippen LogP contribution in [0, 0.1) is 5.92 Å². The number of nitrogens with zero attached hydrogens (tertiary/aromatic N) is 2. The van der Waals surface area contributed by atoms with Crippen molar-refractivity contribution in [2.24, 2.45) is 13.0 Å². The van der Waals surface area contributed by atoms with Crippen molar-refractivity contribution in [3.8, 4) is 0 Å². The summed E-state index contributed by atoms with van der Waals surface area (Å²) in [6.45, 7) is 5.32. The molecular weight excluding hydrogens is 226 g/mol. The summed E-state index contributed by atoms with van der Waals surface area (Å²) in [5.74, 6) is 0.640. The molecule has 4 heteroatoms. The quantitative estimate of drug-likeness (QED) is 0.863. The van der Waals surface area contributed by atoms with Gasteiger partial charge in [-0.05, 0) is 31.9 Å². The lowest BCUT2D eigenvalue weighted by Gasteiger charge is -2.25. The van der Waals surface area contributed by atoms with Crippen LogP contribution >= 0.6 is 0 Å². The Balaban J connectivity index is 2.07. The predicted octanol–water partition coefficient (Wildman–Crippen LogP) is 1.54. The first kappa shape index (κ1) is 13.6. The van der Waals surface area contributed by atoms with Gasteiger partial charge in [-0.2, -0.15) is 5.10 Å². The lowest BCUT2D eigenvalue weighted by molar-refractivity contribution is 0.0628. The van der Waals surface area contributed by atoms with Gasteiger partial charge in [0.2, 0.25) is 0 Å². The normalized spacial score (nSPS) is 25.6. The second kappa shape index (κ2) is 5.85. The van der Waals surface area contributed by atoms with Gasteiger partial charge in [-0.3, -0.25) is 4.68 Å². The molecule has 0 aliphatic carbocycles. The summed E-state index contributed by atoms with van der Waals surface area (Å²) in [5, 5.41) is 7.92. The average Bonchev–Trinajstić information content (AvgIpc) is 2.93. The molecule has 0 radical (unpaired) electrons. The van der Waals surface area contributed by atoms with Gasteiger partial charge in [0, 0.05) is 31.8 Å². The van der Waals surface area contributed by atoms with Crippen LogP contribution in [0.2, 0.25) is 0 Å². The van der Waals surface area contributed by atoms with Crippen LogP contribution in [0.4, 0.5) is 0 Å². The van der Waals surface area contributed by atoms with Gasteiger partial charge in [-0.1, -0.05) is 13.8 Å². The van der Waals surface area contributed by atoms with Gasteiger partial charge in [-0.15, -0.1) is 0 Å². The molecule has 1 fully saturated rings. The average molecular weight is 251 g/mol. The van der Waals surface area contributed by atoms with E-state index in [0.717, 1.165) is 19.4 Å². The molecule has 3 atom stereocenters. The van der Waals surface area contributed by atoms with Crippen molar-refractivity contribution in [2.45, 2.75) is 45.3 Å². The molecule has 1 aromatic heterocycles. The van der Waals surface area contributed by atoms with Crippen molar-refractivity contribution < 1.29 is 4.74 Å². The molecule has 4 nitrogen and oxygen atoms in total. The van der Waals surface area contributed by atoms with Gasteiger partial charge < -0.3 is 10.1 Å². The minimum Gasteiger partial charge on any atom is -0.376 e. The lowest BCUT2D eigenvalue weighted by Crippen LogP contribution is -2.42. The summed E-state index contributed by atoms with van der Waals surface area (Å²) < 4.78 is 7.87. The minimum absolute atomic E-state index is 0.329. The summed E-state index contributed by atoms with van der Waals surface area (Å²) in [6, 6.07) is 2.59. The van der Waals surface area contributed by atoms with E-state index in [9.17, 15) is 0 Å². The predicted molar refractivity (Wildman–Crippen MR) is 72.7 cm³/mol. The van der Waals surface area contributed by atoms with Crippen LogP contribution in [0.3, 0.4) is 0 Å². The van der Waals surface area contributed by atoms with E-state index in [0.29, 0.717) is 18.1 Å². The molecule has 1 aromatic rings. The molecule has 0 amide bonds. The smallest absolute Gasteiger partial charge is 0.0758 e. The van der Waals surface area contributed by atoms with Crippen LogP contribution in [0.15, 0.2) is 6.07 Å². The van der Waals surface area contributed by atoms with Crippen molar-refractivity contribution in [3.05, 3.63) is 17.5 Å². The Morgan fingerprint density at radius 1 is 1.61 bits per heavy atom. The van der Waals surface area contributed by atoms with Crippen molar-refractivity contribution in [1.29, 1.82) is 0 Å². The number of hydrogen-bond donors (Lipinski definition) is 1. The summed E-state index contributed by atoms with van der Waals surface area (Å²) in [4.78, 5) is 0. The first-order valence-electron chi connectivity index (χ1n) is 6.96. The van der Waals surface area contributed by atoms with Gasteiger partial charge in [0.15, 0.2) is 0 Å². The maximum absolute atomic E-state index is 5.87. The Morgan fingerprint density at radius 2 is 2.39 bits per heavy atom. The fourth-order valence-corrected chi connectivity index (χ4v) is 2.77. The zero-order chi connectivity index (χ0) is 13.1. The van der Waals surface area contributed by atoms with E-state index in [2.05, 4.69) is 30.3 Å². The molecule has 0 spiro atoms. The SMILES string of the molecule is CCc1cc(CC(NC)C2OCCC2C)n(C)n1. The fraction of sp³-hybridized carbons (Fsp3) is 0.786. The Morgan fingerprint density at radius 3 is 2.89 bits per heavy atom.